The largest absolute Gasteiger partial charge is 0.376 e. The highest BCUT2D eigenvalue weighted by molar-refractivity contribution is 7.98. The Morgan fingerprint density at radius 2 is 2.46 bits per heavy atom. The molecule has 3 aromatic heterocycles. The fraction of sp³-hybridized carbons (Fsp3) is 0.429. The number of hydrogen-bond donors (Lipinski definition) is 1. The molecule has 1 saturated heterocycles. The average Bonchev–Trinajstić information content (AvgIpc) is 3.36. The van der Waals surface area contributed by atoms with Crippen molar-refractivity contribution in [3.63, 3.8) is 0 Å². The molecule has 1 atom stereocenters. The topological polar surface area (TPSA) is 98.8 Å². The third-order valence-corrected chi connectivity index (χ3v) is 5.35. The van der Waals surface area contributed by atoms with Gasteiger partial charge in [0.2, 0.25) is 11.7 Å². The number of nitrogens with zero attached hydrogens (tertiary/aromatic N) is 4. The third-order valence-electron chi connectivity index (χ3n) is 3.71. The summed E-state index contributed by atoms with van der Waals surface area (Å²) in [6.45, 7) is 1.27. The first-order valence-corrected chi connectivity index (χ1v) is 9.47. The van der Waals surface area contributed by atoms with Gasteiger partial charge in [0.15, 0.2) is 5.16 Å². The molecule has 4 rings (SSSR count). The van der Waals surface area contributed by atoms with E-state index in [2.05, 4.69) is 20.3 Å². The van der Waals surface area contributed by atoms with Crippen molar-refractivity contribution in [1.29, 1.82) is 0 Å². The molecule has 3 aromatic rings. The second kappa shape index (κ2) is 6.91. The van der Waals surface area contributed by atoms with Crippen LogP contribution in [0.1, 0.15) is 18.7 Å². The van der Waals surface area contributed by atoms with Crippen LogP contribution in [0.25, 0.3) is 11.4 Å². The van der Waals surface area contributed by atoms with E-state index in [-0.39, 0.29) is 11.8 Å². The first kappa shape index (κ1) is 15.6. The van der Waals surface area contributed by atoms with E-state index in [1.54, 1.807) is 15.9 Å². The molecule has 0 saturated carbocycles. The van der Waals surface area contributed by atoms with Gasteiger partial charge in [0.1, 0.15) is 0 Å². The highest BCUT2D eigenvalue weighted by Gasteiger charge is 2.20. The van der Waals surface area contributed by atoms with Crippen LogP contribution in [0, 0.1) is 0 Å². The van der Waals surface area contributed by atoms with Crippen LogP contribution in [0.15, 0.2) is 31.3 Å². The molecular weight excluding hydrogens is 350 g/mol. The zero-order valence-corrected chi connectivity index (χ0v) is 14.3. The Balaban J connectivity index is 1.43. The summed E-state index contributed by atoms with van der Waals surface area (Å²) < 4.78 is 12.5. The monoisotopic (exact) mass is 365 g/mol. The van der Waals surface area contributed by atoms with Gasteiger partial charge in [-0.15, -0.1) is 5.10 Å². The molecule has 0 radical (unpaired) electrons. The number of ether oxygens (including phenoxy) is 1. The molecule has 0 aliphatic carbocycles. The number of hydrogen-bond acceptors (Lipinski definition) is 8. The zero-order valence-electron chi connectivity index (χ0n) is 12.7. The van der Waals surface area contributed by atoms with Crippen LogP contribution in [0.4, 0.5) is 0 Å². The van der Waals surface area contributed by atoms with Crippen LogP contribution < -0.4 is 5.69 Å². The van der Waals surface area contributed by atoms with Gasteiger partial charge < -0.3 is 9.26 Å². The molecule has 8 nitrogen and oxygen atoms in total. The van der Waals surface area contributed by atoms with Crippen molar-refractivity contribution in [2.45, 2.75) is 36.4 Å². The molecule has 126 valence electrons. The summed E-state index contributed by atoms with van der Waals surface area (Å²) in [4.78, 5) is 16.3. The average molecular weight is 365 g/mol. The van der Waals surface area contributed by atoms with E-state index in [4.69, 9.17) is 9.26 Å². The Kier molecular flexibility index (Phi) is 4.50. The summed E-state index contributed by atoms with van der Waals surface area (Å²) in [7, 11) is 0. The molecule has 1 aliphatic rings. The predicted octanol–water partition coefficient (Wildman–Crippen LogP) is 2.15. The van der Waals surface area contributed by atoms with Crippen molar-refractivity contribution >= 4 is 23.1 Å². The van der Waals surface area contributed by atoms with Crippen LogP contribution in [-0.4, -0.2) is 37.6 Å². The van der Waals surface area contributed by atoms with Crippen molar-refractivity contribution in [1.82, 2.24) is 24.9 Å². The predicted molar refractivity (Wildman–Crippen MR) is 89.0 cm³/mol. The van der Waals surface area contributed by atoms with Crippen molar-refractivity contribution in [2.75, 3.05) is 6.61 Å². The lowest BCUT2D eigenvalue weighted by Crippen LogP contribution is -2.24. The number of thiophene rings is 1. The second-order valence-electron chi connectivity index (χ2n) is 5.37. The molecule has 0 spiro atoms. The van der Waals surface area contributed by atoms with E-state index in [0.29, 0.717) is 29.2 Å². The van der Waals surface area contributed by atoms with Gasteiger partial charge >= 0.3 is 5.69 Å². The Labute approximate surface area is 145 Å². The first-order chi connectivity index (χ1) is 11.8. The lowest BCUT2D eigenvalue weighted by Gasteiger charge is -2.10. The van der Waals surface area contributed by atoms with Crippen LogP contribution in [-0.2, 0) is 17.0 Å². The molecule has 1 N–H and O–H groups in total. The van der Waals surface area contributed by atoms with Gasteiger partial charge in [-0.3, -0.25) is 4.57 Å². The van der Waals surface area contributed by atoms with E-state index >= 15 is 0 Å². The normalized spacial score (nSPS) is 17.6. The maximum absolute atomic E-state index is 11.9. The minimum atomic E-state index is -0.225. The fourth-order valence-electron chi connectivity index (χ4n) is 2.52. The Morgan fingerprint density at radius 3 is 3.25 bits per heavy atom. The van der Waals surface area contributed by atoms with Gasteiger partial charge in [0.25, 0.3) is 0 Å². The number of aromatic nitrogens is 5. The summed E-state index contributed by atoms with van der Waals surface area (Å²) >= 11 is 2.97. The summed E-state index contributed by atoms with van der Waals surface area (Å²) in [6, 6.07) is 1.94. The van der Waals surface area contributed by atoms with Gasteiger partial charge in [-0.25, -0.2) is 9.89 Å². The molecule has 0 amide bonds. The molecule has 24 heavy (non-hydrogen) atoms. The van der Waals surface area contributed by atoms with E-state index in [1.165, 1.54) is 11.8 Å². The van der Waals surface area contributed by atoms with Crippen molar-refractivity contribution in [3.8, 4) is 11.4 Å². The third kappa shape index (κ3) is 3.30. The molecule has 4 heterocycles. The summed E-state index contributed by atoms with van der Waals surface area (Å²) in [5.74, 6) is 1.53. The lowest BCUT2D eigenvalue weighted by atomic mass is 10.2. The Morgan fingerprint density at radius 1 is 1.50 bits per heavy atom. The fourth-order valence-corrected chi connectivity index (χ4v) is 3.94. The minimum Gasteiger partial charge on any atom is -0.376 e. The minimum absolute atomic E-state index is 0.0771. The molecule has 0 unspecified atom stereocenters. The van der Waals surface area contributed by atoms with Gasteiger partial charge in [-0.05, 0) is 24.3 Å². The molecule has 1 aliphatic heterocycles. The van der Waals surface area contributed by atoms with Gasteiger partial charge in [0.05, 0.1) is 18.4 Å². The maximum atomic E-state index is 11.9. The van der Waals surface area contributed by atoms with Crippen LogP contribution in [0.2, 0.25) is 0 Å². The van der Waals surface area contributed by atoms with Crippen LogP contribution in [0.5, 0.6) is 0 Å². The van der Waals surface area contributed by atoms with Crippen LogP contribution in [0.3, 0.4) is 0 Å². The molecule has 0 aromatic carbocycles. The highest BCUT2D eigenvalue weighted by Crippen LogP contribution is 2.23. The summed E-state index contributed by atoms with van der Waals surface area (Å²) in [5.41, 5.74) is 0.715. The Bertz CT molecular complexity index is 848. The van der Waals surface area contributed by atoms with E-state index in [9.17, 15) is 4.79 Å². The van der Waals surface area contributed by atoms with Crippen molar-refractivity contribution < 1.29 is 9.26 Å². The molecule has 0 bridgehead atoms. The van der Waals surface area contributed by atoms with Gasteiger partial charge in [0, 0.05) is 17.6 Å². The first-order valence-electron chi connectivity index (χ1n) is 7.54. The van der Waals surface area contributed by atoms with Gasteiger partial charge in [-0.2, -0.15) is 16.3 Å². The number of thioether (sulfide) groups is 1. The summed E-state index contributed by atoms with van der Waals surface area (Å²) in [5, 5.41) is 15.1. The second-order valence-corrected chi connectivity index (χ2v) is 7.09. The number of H-pyrrole nitrogens is 1. The molecular formula is C14H15N5O3S2. The quantitative estimate of drug-likeness (QED) is 0.668. The smallest absolute Gasteiger partial charge is 0.344 e. The Hall–Kier alpha value is -1.91. The van der Waals surface area contributed by atoms with Crippen molar-refractivity contribution in [3.05, 3.63) is 33.2 Å². The lowest BCUT2D eigenvalue weighted by molar-refractivity contribution is 0.0941. The molecule has 10 heteroatoms. The maximum Gasteiger partial charge on any atom is 0.344 e. The summed E-state index contributed by atoms with van der Waals surface area (Å²) in [6.07, 6.45) is 2.08. The number of rotatable bonds is 6. The zero-order chi connectivity index (χ0) is 16.4. The number of aromatic amines is 1. The van der Waals surface area contributed by atoms with E-state index < -0.39 is 0 Å². The van der Waals surface area contributed by atoms with E-state index in [0.717, 1.165) is 25.0 Å². The standard InChI is InChI=1S/C14H15N5O3S2/c20-13-16-17-14(19(13)6-10-2-1-4-21-10)24-8-11-15-12(18-22-11)9-3-5-23-7-9/h3,5,7,10H,1-2,4,6,8H2,(H,16,20)/t10-/m1/s1. The van der Waals surface area contributed by atoms with Gasteiger partial charge in [-0.1, -0.05) is 16.9 Å². The highest BCUT2D eigenvalue weighted by atomic mass is 32.2. The number of nitrogens with one attached hydrogen (secondary N) is 1. The van der Waals surface area contributed by atoms with E-state index in [1.807, 2.05) is 16.8 Å². The SMILES string of the molecule is O=c1[nH]nc(SCc2nc(-c3ccsc3)no2)n1C[C@H]1CCCO1. The van der Waals surface area contributed by atoms with Crippen LogP contribution >= 0.6 is 23.1 Å². The molecule has 1 fully saturated rings. The van der Waals surface area contributed by atoms with Crippen molar-refractivity contribution in [2.24, 2.45) is 0 Å².